The van der Waals surface area contributed by atoms with Crippen molar-refractivity contribution in [2.45, 2.75) is 81.5 Å². The molecule has 2 aromatic rings. The lowest BCUT2D eigenvalue weighted by Gasteiger charge is -2.43. The highest BCUT2D eigenvalue weighted by Gasteiger charge is 2.43. The topological polar surface area (TPSA) is 96.6 Å². The van der Waals surface area contributed by atoms with Gasteiger partial charge in [0.2, 0.25) is 23.7 Å². The number of rotatable bonds is 4. The minimum Gasteiger partial charge on any atom is -0.368 e. The molecule has 0 aromatic carbocycles. The number of nitrogens with one attached hydrogen (secondary N) is 1. The van der Waals surface area contributed by atoms with E-state index in [0.29, 0.717) is 0 Å². The van der Waals surface area contributed by atoms with Crippen molar-refractivity contribution in [3.63, 3.8) is 0 Å². The highest BCUT2D eigenvalue weighted by molar-refractivity contribution is 5.60. The molecule has 0 amide bonds. The first kappa shape index (κ1) is 23.5. The van der Waals surface area contributed by atoms with Gasteiger partial charge in [-0.15, -0.1) is 0 Å². The van der Waals surface area contributed by atoms with Crippen molar-refractivity contribution in [2.24, 2.45) is 0 Å². The predicted octanol–water partition coefficient (Wildman–Crippen LogP) is 4.82. The standard InChI is InChI=1S/C19H22F7N7/c20-17(21)5-1-10(2-6-17)33(11-3-7-18(22,23)8-4-11)16-30-14(29-15(27)31-16)12-9-28-32-13(12)19(24,25)26/h9-11H,1-8H2,(H,28,32)(H2,27,29,30,31). The summed E-state index contributed by atoms with van der Waals surface area (Å²) in [5.41, 5.74) is 4.06. The van der Waals surface area contributed by atoms with E-state index in [1.807, 2.05) is 0 Å². The van der Waals surface area contributed by atoms with Crippen LogP contribution in [0.4, 0.5) is 42.6 Å². The molecule has 2 aliphatic carbocycles. The molecule has 0 spiro atoms. The molecule has 14 heteroatoms. The maximum atomic E-state index is 13.8. The van der Waals surface area contributed by atoms with Gasteiger partial charge in [-0.05, 0) is 25.7 Å². The molecular weight excluding hydrogens is 459 g/mol. The lowest BCUT2D eigenvalue weighted by Crippen LogP contribution is -2.50. The zero-order chi connectivity index (χ0) is 24.0. The van der Waals surface area contributed by atoms with Crippen LogP contribution in [-0.2, 0) is 6.18 Å². The SMILES string of the molecule is Nc1nc(-c2c[nH]nc2C(F)(F)F)nc(N(C2CCC(F)(F)CC2)C2CCC(F)(F)CC2)n1. The minimum atomic E-state index is -4.79. The van der Waals surface area contributed by atoms with Crippen LogP contribution >= 0.6 is 0 Å². The Morgan fingerprint density at radius 1 is 0.879 bits per heavy atom. The fraction of sp³-hybridized carbons (Fsp3) is 0.684. The molecule has 0 atom stereocenters. The molecule has 0 bridgehead atoms. The quantitative estimate of drug-likeness (QED) is 0.608. The molecule has 33 heavy (non-hydrogen) atoms. The Balaban J connectivity index is 1.72. The van der Waals surface area contributed by atoms with Gasteiger partial charge < -0.3 is 10.6 Å². The number of alkyl halides is 7. The summed E-state index contributed by atoms with van der Waals surface area (Å²) in [6.45, 7) is 0. The Morgan fingerprint density at radius 2 is 1.39 bits per heavy atom. The molecule has 2 aromatic heterocycles. The third-order valence-corrected chi connectivity index (χ3v) is 6.18. The third-order valence-electron chi connectivity index (χ3n) is 6.18. The zero-order valence-corrected chi connectivity index (χ0v) is 17.3. The Kier molecular flexibility index (Phi) is 5.89. The van der Waals surface area contributed by atoms with E-state index in [1.165, 1.54) is 0 Å². The van der Waals surface area contributed by atoms with Gasteiger partial charge in [0.25, 0.3) is 0 Å². The summed E-state index contributed by atoms with van der Waals surface area (Å²) in [7, 11) is 0. The Labute approximate surface area is 184 Å². The molecule has 3 N–H and O–H groups in total. The summed E-state index contributed by atoms with van der Waals surface area (Å²) < 4.78 is 95.0. The van der Waals surface area contributed by atoms with Crippen LogP contribution in [-0.4, -0.2) is 49.1 Å². The van der Waals surface area contributed by atoms with Crippen molar-refractivity contribution in [1.29, 1.82) is 0 Å². The normalized spacial score (nSPS) is 21.8. The fourth-order valence-corrected chi connectivity index (χ4v) is 4.52. The van der Waals surface area contributed by atoms with E-state index < -0.39 is 72.9 Å². The highest BCUT2D eigenvalue weighted by atomic mass is 19.4. The molecular formula is C19H22F7N7. The van der Waals surface area contributed by atoms with Crippen molar-refractivity contribution < 1.29 is 30.7 Å². The van der Waals surface area contributed by atoms with E-state index in [-0.39, 0.29) is 37.6 Å². The number of halogens is 7. The molecule has 0 aliphatic heterocycles. The minimum absolute atomic E-state index is 0.0559. The maximum absolute atomic E-state index is 13.8. The number of anilines is 2. The van der Waals surface area contributed by atoms with Crippen LogP contribution in [0.15, 0.2) is 6.20 Å². The van der Waals surface area contributed by atoms with E-state index in [2.05, 4.69) is 25.1 Å². The first-order valence-electron chi connectivity index (χ1n) is 10.5. The van der Waals surface area contributed by atoms with Crippen molar-refractivity contribution in [2.75, 3.05) is 10.6 Å². The highest BCUT2D eigenvalue weighted by Crippen LogP contribution is 2.42. The zero-order valence-electron chi connectivity index (χ0n) is 17.3. The summed E-state index contributed by atoms with van der Waals surface area (Å²) in [4.78, 5) is 13.6. The van der Waals surface area contributed by atoms with Crippen LogP contribution in [0.2, 0.25) is 0 Å². The van der Waals surface area contributed by atoms with Gasteiger partial charge in [0.05, 0.1) is 5.56 Å². The average molecular weight is 481 g/mol. The average Bonchev–Trinajstić information content (AvgIpc) is 3.21. The summed E-state index contributed by atoms with van der Waals surface area (Å²) in [5, 5.41) is 5.33. The number of nitrogens with two attached hydrogens (primary N) is 1. The van der Waals surface area contributed by atoms with Gasteiger partial charge in [0, 0.05) is 44.0 Å². The van der Waals surface area contributed by atoms with E-state index in [9.17, 15) is 30.7 Å². The molecule has 2 saturated carbocycles. The van der Waals surface area contributed by atoms with Crippen LogP contribution in [0.1, 0.15) is 57.1 Å². The first-order chi connectivity index (χ1) is 15.3. The lowest BCUT2D eigenvalue weighted by molar-refractivity contribution is -0.140. The fourth-order valence-electron chi connectivity index (χ4n) is 4.52. The molecule has 2 fully saturated rings. The number of hydrogen-bond donors (Lipinski definition) is 2. The van der Waals surface area contributed by atoms with Crippen LogP contribution in [0.3, 0.4) is 0 Å². The van der Waals surface area contributed by atoms with E-state index in [0.717, 1.165) is 6.20 Å². The van der Waals surface area contributed by atoms with Gasteiger partial charge >= 0.3 is 6.18 Å². The smallest absolute Gasteiger partial charge is 0.368 e. The van der Waals surface area contributed by atoms with Gasteiger partial charge in [-0.2, -0.15) is 33.2 Å². The third kappa shape index (κ3) is 5.13. The molecule has 4 rings (SSSR count). The summed E-state index contributed by atoms with van der Waals surface area (Å²) in [5.74, 6) is -6.55. The van der Waals surface area contributed by atoms with Crippen molar-refractivity contribution >= 4 is 11.9 Å². The van der Waals surface area contributed by atoms with Crippen molar-refractivity contribution in [3.8, 4) is 11.4 Å². The molecule has 182 valence electrons. The van der Waals surface area contributed by atoms with Gasteiger partial charge in [-0.25, -0.2) is 17.6 Å². The van der Waals surface area contributed by atoms with Gasteiger partial charge in [0.1, 0.15) is 0 Å². The van der Waals surface area contributed by atoms with Crippen LogP contribution in [0.5, 0.6) is 0 Å². The number of nitrogen functional groups attached to an aromatic ring is 1. The van der Waals surface area contributed by atoms with Gasteiger partial charge in [-0.1, -0.05) is 0 Å². The second-order valence-electron chi connectivity index (χ2n) is 8.54. The Bertz CT molecular complexity index is 943. The molecule has 0 radical (unpaired) electrons. The number of H-pyrrole nitrogens is 1. The van der Waals surface area contributed by atoms with Crippen molar-refractivity contribution in [3.05, 3.63) is 11.9 Å². The molecule has 2 aliphatic rings. The van der Waals surface area contributed by atoms with Crippen LogP contribution in [0, 0.1) is 0 Å². The van der Waals surface area contributed by atoms with Crippen molar-refractivity contribution in [1.82, 2.24) is 25.1 Å². The Morgan fingerprint density at radius 3 is 1.88 bits per heavy atom. The van der Waals surface area contributed by atoms with Crippen LogP contribution in [0.25, 0.3) is 11.4 Å². The summed E-state index contributed by atoms with van der Waals surface area (Å²) in [6.07, 6.45) is -5.19. The van der Waals surface area contributed by atoms with Gasteiger partial charge in [0.15, 0.2) is 11.5 Å². The Hall–Kier alpha value is -2.67. The number of aromatic nitrogens is 5. The maximum Gasteiger partial charge on any atom is 0.435 e. The van der Waals surface area contributed by atoms with Crippen LogP contribution < -0.4 is 10.6 Å². The second kappa shape index (κ2) is 8.28. The summed E-state index contributed by atoms with van der Waals surface area (Å²) in [6, 6.07) is -0.995. The molecule has 0 saturated heterocycles. The van der Waals surface area contributed by atoms with E-state index in [4.69, 9.17) is 5.73 Å². The largest absolute Gasteiger partial charge is 0.435 e. The molecule has 2 heterocycles. The second-order valence-corrected chi connectivity index (χ2v) is 8.54. The lowest BCUT2D eigenvalue weighted by atomic mass is 9.86. The molecule has 7 nitrogen and oxygen atoms in total. The van der Waals surface area contributed by atoms with Gasteiger partial charge in [-0.3, -0.25) is 5.10 Å². The van der Waals surface area contributed by atoms with E-state index in [1.54, 1.807) is 4.90 Å². The number of aromatic amines is 1. The van der Waals surface area contributed by atoms with E-state index >= 15 is 0 Å². The number of hydrogen-bond acceptors (Lipinski definition) is 6. The number of nitrogens with zero attached hydrogens (tertiary/aromatic N) is 5. The summed E-state index contributed by atoms with van der Waals surface area (Å²) >= 11 is 0. The first-order valence-corrected chi connectivity index (χ1v) is 10.5. The monoisotopic (exact) mass is 481 g/mol. The predicted molar refractivity (Wildman–Crippen MR) is 104 cm³/mol. The molecule has 0 unspecified atom stereocenters.